The zero-order chi connectivity index (χ0) is 28.0. The van der Waals surface area contributed by atoms with Crippen molar-refractivity contribution in [2.45, 2.75) is 49.8 Å². The van der Waals surface area contributed by atoms with Gasteiger partial charge in [-0.15, -0.1) is 0 Å². The number of halogens is 1. The summed E-state index contributed by atoms with van der Waals surface area (Å²) in [6.07, 6.45) is 1.64. The molecule has 2 saturated heterocycles. The number of imidazole rings is 1. The van der Waals surface area contributed by atoms with E-state index in [4.69, 9.17) is 18.9 Å². The lowest BCUT2D eigenvalue weighted by Gasteiger charge is -2.37. The molecule has 41 heavy (non-hydrogen) atoms. The fourth-order valence-corrected chi connectivity index (χ4v) is 6.51. The Balaban J connectivity index is 1.28. The summed E-state index contributed by atoms with van der Waals surface area (Å²) in [6.45, 7) is 4.12. The summed E-state index contributed by atoms with van der Waals surface area (Å²) in [5, 5.41) is 0. The van der Waals surface area contributed by atoms with Crippen molar-refractivity contribution < 1.29 is 18.9 Å². The Bertz CT molecular complexity index is 1550. The molecule has 0 saturated carbocycles. The van der Waals surface area contributed by atoms with E-state index in [2.05, 4.69) is 73.9 Å². The number of rotatable bonds is 7. The van der Waals surface area contributed by atoms with Gasteiger partial charge in [0.15, 0.2) is 17.7 Å². The van der Waals surface area contributed by atoms with Crippen LogP contribution in [0.4, 0.5) is 0 Å². The molecule has 3 aromatic carbocycles. The van der Waals surface area contributed by atoms with E-state index in [9.17, 15) is 0 Å². The molecule has 2 aliphatic heterocycles. The molecule has 0 spiro atoms. The molecule has 2 fully saturated rings. The van der Waals surface area contributed by atoms with Crippen LogP contribution in [0.1, 0.15) is 36.8 Å². The number of fused-ring (bicyclic) bond motifs is 2. The molecule has 4 heterocycles. The molecule has 8 nitrogen and oxygen atoms in total. The Kier molecular flexibility index (Phi) is 6.87. The fraction of sp³-hybridized carbons (Fsp3) is 0.281. The lowest BCUT2D eigenvalue weighted by atomic mass is 9.80. The van der Waals surface area contributed by atoms with Gasteiger partial charge in [-0.2, -0.15) is 0 Å². The van der Waals surface area contributed by atoms with Crippen LogP contribution >= 0.6 is 22.6 Å². The van der Waals surface area contributed by atoms with E-state index in [0.29, 0.717) is 5.65 Å². The highest BCUT2D eigenvalue weighted by Crippen LogP contribution is 2.46. The minimum atomic E-state index is -0.874. The normalized spacial score (nSPS) is 23.6. The van der Waals surface area contributed by atoms with Gasteiger partial charge in [0.25, 0.3) is 0 Å². The average Bonchev–Trinajstić information content (AvgIpc) is 3.67. The van der Waals surface area contributed by atoms with E-state index in [1.165, 1.54) is 0 Å². The zero-order valence-corrected chi connectivity index (χ0v) is 24.8. The first kappa shape index (κ1) is 26.7. The molecule has 0 unspecified atom stereocenters. The molecule has 2 aliphatic rings. The summed E-state index contributed by atoms with van der Waals surface area (Å²) in [5.74, 6) is -0.773. The molecule has 0 N–H and O–H groups in total. The molecule has 0 aliphatic carbocycles. The minimum Gasteiger partial charge on any atom is -0.358 e. The van der Waals surface area contributed by atoms with Crippen molar-refractivity contribution in [3.05, 3.63) is 124 Å². The Morgan fingerprint density at radius 2 is 1.37 bits per heavy atom. The second kappa shape index (κ2) is 10.6. The van der Waals surface area contributed by atoms with E-state index in [0.717, 1.165) is 25.9 Å². The van der Waals surface area contributed by atoms with Gasteiger partial charge < -0.3 is 18.9 Å². The van der Waals surface area contributed by atoms with Crippen molar-refractivity contribution in [2.75, 3.05) is 6.61 Å². The first-order valence-corrected chi connectivity index (χ1v) is 14.7. The van der Waals surface area contributed by atoms with E-state index in [1.54, 1.807) is 12.7 Å². The van der Waals surface area contributed by atoms with Gasteiger partial charge in [0, 0.05) is 0 Å². The fourth-order valence-electron chi connectivity index (χ4n) is 6.00. The van der Waals surface area contributed by atoms with Crippen LogP contribution in [0.25, 0.3) is 11.2 Å². The monoisotopic (exact) mass is 660 g/mol. The summed E-state index contributed by atoms with van der Waals surface area (Å²) in [7, 11) is 0. The van der Waals surface area contributed by atoms with E-state index in [1.807, 2.05) is 73.0 Å². The summed E-state index contributed by atoms with van der Waals surface area (Å²) >= 11 is 2.17. The van der Waals surface area contributed by atoms with Gasteiger partial charge in [-0.1, -0.05) is 91.0 Å². The lowest BCUT2D eigenvalue weighted by molar-refractivity contribution is -0.204. The van der Waals surface area contributed by atoms with Gasteiger partial charge in [0.2, 0.25) is 0 Å². The van der Waals surface area contributed by atoms with Crippen LogP contribution < -0.4 is 0 Å². The molecular formula is C32H29IN4O4. The molecular weight excluding hydrogens is 631 g/mol. The molecule has 9 heteroatoms. The Morgan fingerprint density at radius 1 is 0.805 bits per heavy atom. The summed E-state index contributed by atoms with van der Waals surface area (Å²) in [5.41, 5.74) is 3.62. The first-order valence-electron chi connectivity index (χ1n) is 13.6. The van der Waals surface area contributed by atoms with Crippen molar-refractivity contribution in [1.82, 2.24) is 19.5 Å². The number of ether oxygens (including phenoxy) is 4. The van der Waals surface area contributed by atoms with Crippen LogP contribution in [0.3, 0.4) is 0 Å². The van der Waals surface area contributed by atoms with Gasteiger partial charge >= 0.3 is 0 Å². The van der Waals surface area contributed by atoms with Gasteiger partial charge in [-0.05, 0) is 53.1 Å². The van der Waals surface area contributed by atoms with E-state index < -0.39 is 23.7 Å². The molecule has 0 radical (unpaired) electrons. The van der Waals surface area contributed by atoms with Crippen LogP contribution in [-0.4, -0.2) is 50.2 Å². The van der Waals surface area contributed by atoms with Crippen LogP contribution in [0.15, 0.2) is 104 Å². The molecule has 2 aromatic heterocycles. The highest BCUT2D eigenvalue weighted by Gasteiger charge is 2.57. The third-order valence-electron chi connectivity index (χ3n) is 7.72. The first-order chi connectivity index (χ1) is 20.0. The molecule has 5 aromatic rings. The maximum absolute atomic E-state index is 7.11. The van der Waals surface area contributed by atoms with E-state index in [-0.39, 0.29) is 18.8 Å². The molecule has 4 atom stereocenters. The third-order valence-corrected chi connectivity index (χ3v) is 8.51. The molecule has 7 rings (SSSR count). The highest BCUT2D eigenvalue weighted by molar-refractivity contribution is 14.1. The third kappa shape index (κ3) is 4.65. The maximum Gasteiger partial charge on any atom is 0.166 e. The minimum absolute atomic E-state index is 0.259. The quantitative estimate of drug-likeness (QED) is 0.123. The lowest BCUT2D eigenvalue weighted by Crippen LogP contribution is -2.39. The molecule has 208 valence electrons. The van der Waals surface area contributed by atoms with Gasteiger partial charge in [0.1, 0.15) is 39.5 Å². The summed E-state index contributed by atoms with van der Waals surface area (Å²) in [4.78, 5) is 13.3. The second-order valence-corrected chi connectivity index (χ2v) is 11.7. The van der Waals surface area contributed by atoms with Crippen LogP contribution in [0.5, 0.6) is 0 Å². The molecule has 0 amide bonds. The standard InChI is InChI=1S/C32H29IN4O4/c1-31(2)40-26-24(39-30(27(26)41-31)37-20-36-25-28(33)34-19-35-29(25)37)18-38-32(21-12-6-3-7-13-21,22-14-8-4-9-15-22)23-16-10-5-11-17-23/h3-17,19-20,24,26-27,30H,18H2,1-2H3/t24-,26-,27-,30-/m1/s1. The predicted octanol–water partition coefficient (Wildman–Crippen LogP) is 5.86. The topological polar surface area (TPSA) is 80.5 Å². The maximum atomic E-state index is 7.11. The van der Waals surface area contributed by atoms with Crippen LogP contribution in [-0.2, 0) is 24.5 Å². The smallest absolute Gasteiger partial charge is 0.166 e. The number of nitrogens with zero attached hydrogens (tertiary/aromatic N) is 4. The summed E-state index contributed by atoms with van der Waals surface area (Å²) in [6, 6.07) is 31.0. The van der Waals surface area contributed by atoms with Crippen molar-refractivity contribution in [3.63, 3.8) is 0 Å². The largest absolute Gasteiger partial charge is 0.358 e. The number of hydrogen-bond acceptors (Lipinski definition) is 7. The number of hydrogen-bond donors (Lipinski definition) is 0. The van der Waals surface area contributed by atoms with Crippen molar-refractivity contribution in [3.8, 4) is 0 Å². The van der Waals surface area contributed by atoms with Crippen molar-refractivity contribution in [1.29, 1.82) is 0 Å². The molecule has 0 bridgehead atoms. The highest BCUT2D eigenvalue weighted by atomic mass is 127. The average molecular weight is 661 g/mol. The predicted molar refractivity (Wildman–Crippen MR) is 161 cm³/mol. The second-order valence-electron chi connectivity index (χ2n) is 10.7. The van der Waals surface area contributed by atoms with Gasteiger partial charge in [-0.3, -0.25) is 4.57 Å². The van der Waals surface area contributed by atoms with Crippen LogP contribution in [0.2, 0.25) is 0 Å². The number of benzene rings is 3. The van der Waals surface area contributed by atoms with Crippen LogP contribution in [0, 0.1) is 3.70 Å². The Labute approximate surface area is 251 Å². The zero-order valence-electron chi connectivity index (χ0n) is 22.6. The Morgan fingerprint density at radius 3 is 1.95 bits per heavy atom. The SMILES string of the molecule is CC1(C)O[C@@H]2[C@H](O1)[C@@H](COC(c1ccccc1)(c1ccccc1)c1ccccc1)O[C@H]2n1cnc2c(I)ncnc21. The van der Waals surface area contributed by atoms with Gasteiger partial charge in [-0.25, -0.2) is 15.0 Å². The summed E-state index contributed by atoms with van der Waals surface area (Å²) < 4.78 is 29.4. The van der Waals surface area contributed by atoms with Crippen molar-refractivity contribution in [2.24, 2.45) is 0 Å². The van der Waals surface area contributed by atoms with E-state index >= 15 is 0 Å². The van der Waals surface area contributed by atoms with Crippen molar-refractivity contribution >= 4 is 33.8 Å². The van der Waals surface area contributed by atoms with Gasteiger partial charge in [0.05, 0.1) is 12.9 Å². The Hall–Kier alpha value is -3.22. The number of aromatic nitrogens is 4.